The van der Waals surface area contributed by atoms with Gasteiger partial charge >= 0.3 is 0 Å². The summed E-state index contributed by atoms with van der Waals surface area (Å²) in [6.07, 6.45) is 0. The summed E-state index contributed by atoms with van der Waals surface area (Å²) in [5.41, 5.74) is 0.888. The lowest BCUT2D eigenvalue weighted by molar-refractivity contribution is -0.120. The highest BCUT2D eigenvalue weighted by molar-refractivity contribution is 7.91. The summed E-state index contributed by atoms with van der Waals surface area (Å²) in [6.45, 7) is 4.79. The number of carbonyl (C=O) groups is 1. The maximum absolute atomic E-state index is 12.7. The van der Waals surface area contributed by atoms with E-state index in [2.05, 4.69) is 0 Å². The number of benzene rings is 1. The molecule has 1 fully saturated rings. The van der Waals surface area contributed by atoms with Crippen LogP contribution in [-0.4, -0.2) is 62.8 Å². The molecule has 1 amide bonds. The zero-order chi connectivity index (χ0) is 18.6. The molecule has 1 saturated heterocycles. The second-order valence-corrected chi connectivity index (χ2v) is 9.20. The first kappa shape index (κ1) is 19.0. The van der Waals surface area contributed by atoms with Crippen LogP contribution in [-0.2, 0) is 14.8 Å². The fraction of sp³-hybridized carbons (Fsp3) is 0.389. The van der Waals surface area contributed by atoms with E-state index in [0.717, 1.165) is 5.69 Å². The molecule has 0 bridgehead atoms. The molecule has 6 nitrogen and oxygen atoms in total. The van der Waals surface area contributed by atoms with Crippen LogP contribution in [0, 0.1) is 0 Å². The average Bonchev–Trinajstić information content (AvgIpc) is 3.19. The molecule has 1 aliphatic rings. The number of thiophene rings is 1. The van der Waals surface area contributed by atoms with Crippen molar-refractivity contribution in [3.8, 4) is 0 Å². The smallest absolute Gasteiger partial charge is 0.252 e. The van der Waals surface area contributed by atoms with Crippen LogP contribution in [0.15, 0.2) is 52.1 Å². The molecule has 1 aliphatic heterocycles. The number of hydrogen-bond donors (Lipinski definition) is 0. The second-order valence-electron chi connectivity index (χ2n) is 6.09. The van der Waals surface area contributed by atoms with Gasteiger partial charge in [-0.1, -0.05) is 24.3 Å². The first-order valence-electron chi connectivity index (χ1n) is 8.64. The van der Waals surface area contributed by atoms with E-state index in [1.54, 1.807) is 22.4 Å². The summed E-state index contributed by atoms with van der Waals surface area (Å²) >= 11 is 1.24. The first-order valence-corrected chi connectivity index (χ1v) is 11.0. The van der Waals surface area contributed by atoms with E-state index < -0.39 is 10.0 Å². The van der Waals surface area contributed by atoms with E-state index in [1.165, 1.54) is 15.6 Å². The predicted octanol–water partition coefficient (Wildman–Crippen LogP) is 2.11. The molecule has 2 aromatic rings. The lowest BCUT2D eigenvalue weighted by Gasteiger charge is -2.34. The van der Waals surface area contributed by atoms with Gasteiger partial charge in [0.05, 0.1) is 6.54 Å². The van der Waals surface area contributed by atoms with E-state index in [0.29, 0.717) is 43.5 Å². The molecule has 0 unspecified atom stereocenters. The number of nitrogens with zero attached hydrogens (tertiary/aromatic N) is 3. The van der Waals surface area contributed by atoms with E-state index in [1.807, 2.05) is 42.2 Å². The lowest BCUT2D eigenvalue weighted by Crippen LogP contribution is -2.51. The van der Waals surface area contributed by atoms with Gasteiger partial charge in [-0.3, -0.25) is 9.69 Å². The summed E-state index contributed by atoms with van der Waals surface area (Å²) < 4.78 is 27.0. The molecular weight excluding hydrogens is 370 g/mol. The van der Waals surface area contributed by atoms with Gasteiger partial charge in [-0.05, 0) is 30.5 Å². The van der Waals surface area contributed by atoms with Gasteiger partial charge in [0, 0.05) is 38.4 Å². The average molecular weight is 394 g/mol. The molecule has 3 rings (SSSR count). The van der Waals surface area contributed by atoms with Crippen molar-refractivity contribution in [2.45, 2.75) is 11.1 Å². The van der Waals surface area contributed by atoms with Gasteiger partial charge in [0.2, 0.25) is 5.91 Å². The molecule has 0 aliphatic carbocycles. The normalized spacial score (nSPS) is 16.5. The summed E-state index contributed by atoms with van der Waals surface area (Å²) in [5.74, 6) is 0.0354. The van der Waals surface area contributed by atoms with Gasteiger partial charge in [0.25, 0.3) is 10.0 Å². The lowest BCUT2D eigenvalue weighted by atomic mass is 10.2. The highest BCUT2D eigenvalue weighted by Gasteiger charge is 2.30. The molecule has 0 atom stereocenters. The van der Waals surface area contributed by atoms with E-state index in [9.17, 15) is 13.2 Å². The van der Waals surface area contributed by atoms with Gasteiger partial charge in [-0.25, -0.2) is 8.42 Å². The minimum Gasteiger partial charge on any atom is -0.312 e. The minimum atomic E-state index is -3.40. The van der Waals surface area contributed by atoms with Crippen LogP contribution < -0.4 is 4.90 Å². The van der Waals surface area contributed by atoms with Crippen molar-refractivity contribution in [3.63, 3.8) is 0 Å². The zero-order valence-corrected chi connectivity index (χ0v) is 16.4. The zero-order valence-electron chi connectivity index (χ0n) is 14.7. The summed E-state index contributed by atoms with van der Waals surface area (Å²) in [4.78, 5) is 16.4. The van der Waals surface area contributed by atoms with Crippen molar-refractivity contribution in [2.24, 2.45) is 0 Å². The third-order valence-electron chi connectivity index (χ3n) is 4.46. The minimum absolute atomic E-state index is 0.0354. The van der Waals surface area contributed by atoms with Crippen molar-refractivity contribution >= 4 is 33.0 Å². The summed E-state index contributed by atoms with van der Waals surface area (Å²) in [7, 11) is -3.40. The SMILES string of the molecule is CCN(C(=O)CN1CCN(S(=O)(=O)c2cccs2)CC1)c1ccccc1. The van der Waals surface area contributed by atoms with Crippen LogP contribution in [0.4, 0.5) is 5.69 Å². The molecule has 0 spiro atoms. The molecule has 8 heteroatoms. The monoisotopic (exact) mass is 393 g/mol. The fourth-order valence-corrected chi connectivity index (χ4v) is 5.62. The van der Waals surface area contributed by atoms with Crippen LogP contribution in [0.3, 0.4) is 0 Å². The number of likely N-dealkylation sites (N-methyl/N-ethyl adjacent to an activating group) is 1. The third-order valence-corrected chi connectivity index (χ3v) is 7.74. The highest BCUT2D eigenvalue weighted by atomic mass is 32.2. The molecular formula is C18H23N3O3S2. The third kappa shape index (κ3) is 4.15. The van der Waals surface area contributed by atoms with Gasteiger partial charge < -0.3 is 4.90 Å². The Labute approximate surface area is 158 Å². The maximum atomic E-state index is 12.7. The number of hydrogen-bond acceptors (Lipinski definition) is 5. The fourth-order valence-electron chi connectivity index (χ4n) is 3.05. The Morgan fingerprint density at radius 3 is 2.35 bits per heavy atom. The number of carbonyl (C=O) groups excluding carboxylic acids is 1. The Morgan fingerprint density at radius 1 is 1.08 bits per heavy atom. The van der Waals surface area contributed by atoms with Gasteiger partial charge in [-0.15, -0.1) is 11.3 Å². The summed E-state index contributed by atoms with van der Waals surface area (Å²) in [6, 6.07) is 13.0. The Kier molecular flexibility index (Phi) is 6.08. The molecule has 140 valence electrons. The Morgan fingerprint density at radius 2 is 1.77 bits per heavy atom. The van der Waals surface area contributed by atoms with Crippen molar-refractivity contribution in [1.82, 2.24) is 9.21 Å². The van der Waals surface area contributed by atoms with Crippen LogP contribution in [0.5, 0.6) is 0 Å². The number of anilines is 1. The van der Waals surface area contributed by atoms with Crippen LogP contribution >= 0.6 is 11.3 Å². The molecule has 2 heterocycles. The van der Waals surface area contributed by atoms with E-state index in [-0.39, 0.29) is 5.91 Å². The highest BCUT2D eigenvalue weighted by Crippen LogP contribution is 2.22. The largest absolute Gasteiger partial charge is 0.312 e. The molecule has 0 saturated carbocycles. The number of amides is 1. The first-order chi connectivity index (χ1) is 12.5. The van der Waals surface area contributed by atoms with Crippen molar-refractivity contribution in [2.75, 3.05) is 44.2 Å². The molecule has 1 aromatic heterocycles. The van der Waals surface area contributed by atoms with Gasteiger partial charge in [0.15, 0.2) is 0 Å². The van der Waals surface area contributed by atoms with Crippen LogP contribution in [0.1, 0.15) is 6.92 Å². The molecule has 26 heavy (non-hydrogen) atoms. The van der Waals surface area contributed by atoms with Crippen molar-refractivity contribution < 1.29 is 13.2 Å². The maximum Gasteiger partial charge on any atom is 0.252 e. The van der Waals surface area contributed by atoms with Crippen molar-refractivity contribution in [1.29, 1.82) is 0 Å². The molecule has 0 N–H and O–H groups in total. The molecule has 0 radical (unpaired) electrons. The van der Waals surface area contributed by atoms with Crippen LogP contribution in [0.25, 0.3) is 0 Å². The van der Waals surface area contributed by atoms with Gasteiger partial charge in [0.1, 0.15) is 4.21 Å². The quantitative estimate of drug-likeness (QED) is 0.754. The number of piperazine rings is 1. The Balaban J connectivity index is 1.58. The van der Waals surface area contributed by atoms with E-state index >= 15 is 0 Å². The van der Waals surface area contributed by atoms with Crippen molar-refractivity contribution in [3.05, 3.63) is 47.8 Å². The van der Waals surface area contributed by atoms with Crippen LogP contribution in [0.2, 0.25) is 0 Å². The standard InChI is InChI=1S/C18H23N3O3S2/c1-2-21(16-7-4-3-5-8-16)17(22)15-19-10-12-20(13-11-19)26(23,24)18-9-6-14-25-18/h3-9,14H,2,10-13,15H2,1H3. The second kappa shape index (κ2) is 8.30. The molecule has 1 aromatic carbocycles. The predicted molar refractivity (Wildman–Crippen MR) is 104 cm³/mol. The van der Waals surface area contributed by atoms with E-state index in [4.69, 9.17) is 0 Å². The number of sulfonamides is 1. The van der Waals surface area contributed by atoms with Gasteiger partial charge in [-0.2, -0.15) is 4.31 Å². The number of para-hydroxylation sites is 1. The summed E-state index contributed by atoms with van der Waals surface area (Å²) in [5, 5.41) is 1.77. The Hall–Kier alpha value is -1.74. The number of rotatable bonds is 6. The Bertz CT molecular complexity index is 815. The topological polar surface area (TPSA) is 60.9 Å².